The Morgan fingerprint density at radius 2 is 2.00 bits per heavy atom. The van der Waals surface area contributed by atoms with Gasteiger partial charge in [-0.05, 0) is 43.9 Å². The van der Waals surface area contributed by atoms with E-state index in [4.69, 9.17) is 10.6 Å². The molecule has 1 amide bonds. The molecule has 166 valence electrons. The first kappa shape index (κ1) is 21.8. The number of carbonyl (C=O) groups is 1. The van der Waals surface area contributed by atoms with E-state index in [0.29, 0.717) is 30.0 Å². The van der Waals surface area contributed by atoms with Gasteiger partial charge in [0.1, 0.15) is 17.5 Å². The van der Waals surface area contributed by atoms with Crippen molar-refractivity contribution in [2.75, 3.05) is 11.6 Å². The number of ether oxygens (including phenoxy) is 1. The van der Waals surface area contributed by atoms with Crippen LogP contribution in [0.1, 0.15) is 36.0 Å². The van der Waals surface area contributed by atoms with Crippen LogP contribution in [0.5, 0.6) is 5.75 Å². The van der Waals surface area contributed by atoms with E-state index >= 15 is 0 Å². The molecule has 2 N–H and O–H groups in total. The van der Waals surface area contributed by atoms with Gasteiger partial charge in [-0.2, -0.15) is 0 Å². The van der Waals surface area contributed by atoms with Crippen LogP contribution in [0.4, 0.5) is 10.2 Å². The zero-order chi connectivity index (χ0) is 22.9. The quantitative estimate of drug-likeness (QED) is 0.347. The molecule has 1 saturated carbocycles. The van der Waals surface area contributed by atoms with Crippen LogP contribution in [0, 0.1) is 25.6 Å². The second-order valence-electron chi connectivity index (χ2n) is 8.15. The first-order chi connectivity index (χ1) is 15.4. The Kier molecular flexibility index (Phi) is 5.88. The molecule has 0 bridgehead atoms. The number of rotatable bonds is 7. The molecule has 2 heterocycles. The van der Waals surface area contributed by atoms with Gasteiger partial charge in [-0.3, -0.25) is 4.79 Å². The summed E-state index contributed by atoms with van der Waals surface area (Å²) in [4.78, 5) is 25.9. The van der Waals surface area contributed by atoms with E-state index in [9.17, 15) is 9.18 Å². The van der Waals surface area contributed by atoms with E-state index in [-0.39, 0.29) is 18.3 Å². The summed E-state index contributed by atoms with van der Waals surface area (Å²) in [5.74, 6) is 6.50. The zero-order valence-electron chi connectivity index (χ0n) is 18.4. The number of anilines is 1. The normalized spacial score (nSPS) is 19.5. The maximum atomic E-state index is 13.6. The van der Waals surface area contributed by atoms with Crippen molar-refractivity contribution >= 4 is 11.7 Å². The van der Waals surface area contributed by atoms with Crippen molar-refractivity contribution in [3.05, 3.63) is 77.3 Å². The minimum atomic E-state index is -0.527. The SMILES string of the molecule is CCc1nc(C)ncc1OC[C@@]1(c2ccccc2)C[C@H]1C(=O)N(N)c1cc(C)c(F)cn1. The van der Waals surface area contributed by atoms with Gasteiger partial charge in [0.05, 0.1) is 30.6 Å². The van der Waals surface area contributed by atoms with Gasteiger partial charge >= 0.3 is 0 Å². The summed E-state index contributed by atoms with van der Waals surface area (Å²) in [6.45, 7) is 5.74. The lowest BCUT2D eigenvalue weighted by atomic mass is 9.93. The van der Waals surface area contributed by atoms with E-state index in [1.807, 2.05) is 44.2 Å². The summed E-state index contributed by atoms with van der Waals surface area (Å²) in [6.07, 6.45) is 4.05. The van der Waals surface area contributed by atoms with Gasteiger partial charge in [0.2, 0.25) is 5.91 Å². The van der Waals surface area contributed by atoms with Crippen LogP contribution in [0.3, 0.4) is 0 Å². The Balaban J connectivity index is 1.59. The molecule has 3 aromatic rings. The Bertz CT molecular complexity index is 1140. The molecule has 8 heteroatoms. The van der Waals surface area contributed by atoms with Crippen LogP contribution in [0.15, 0.2) is 48.8 Å². The van der Waals surface area contributed by atoms with Crippen molar-refractivity contribution < 1.29 is 13.9 Å². The first-order valence-corrected chi connectivity index (χ1v) is 10.6. The van der Waals surface area contributed by atoms with Crippen molar-refractivity contribution in [1.29, 1.82) is 0 Å². The predicted molar refractivity (Wildman–Crippen MR) is 118 cm³/mol. The number of nitrogens with zero attached hydrogens (tertiary/aromatic N) is 4. The smallest absolute Gasteiger partial charge is 0.246 e. The molecule has 1 aliphatic rings. The van der Waals surface area contributed by atoms with Crippen LogP contribution in [-0.4, -0.2) is 27.5 Å². The highest BCUT2D eigenvalue weighted by atomic mass is 19.1. The fourth-order valence-electron chi connectivity index (χ4n) is 3.98. The average molecular weight is 436 g/mol. The van der Waals surface area contributed by atoms with E-state index < -0.39 is 17.2 Å². The molecule has 7 nitrogen and oxygen atoms in total. The Morgan fingerprint density at radius 1 is 1.25 bits per heavy atom. The largest absolute Gasteiger partial charge is 0.489 e. The van der Waals surface area contributed by atoms with E-state index in [2.05, 4.69) is 15.0 Å². The highest BCUT2D eigenvalue weighted by Crippen LogP contribution is 2.55. The lowest BCUT2D eigenvalue weighted by molar-refractivity contribution is -0.120. The fourth-order valence-corrected chi connectivity index (χ4v) is 3.98. The summed E-state index contributed by atoms with van der Waals surface area (Å²) in [5, 5.41) is 1.01. The number of hydrogen-bond donors (Lipinski definition) is 1. The standard InChI is InChI=1S/C24H26FN5O2/c1-4-20-21(13-27-16(3)29-20)32-14-24(17-8-6-5-7-9-17)11-18(24)23(31)30(26)22-10-15(2)19(25)12-28-22/h5-10,12-13,18H,4,11,14,26H2,1-3H3/t18-,24+/m0/s1. The number of aryl methyl sites for hydroxylation is 3. The van der Waals surface area contributed by atoms with Crippen LogP contribution in [-0.2, 0) is 16.6 Å². The number of aromatic nitrogens is 3. The number of halogens is 1. The summed E-state index contributed by atoms with van der Waals surface area (Å²) in [6, 6.07) is 11.3. The molecular weight excluding hydrogens is 409 g/mol. The summed E-state index contributed by atoms with van der Waals surface area (Å²) in [5.41, 5.74) is 1.68. The second kappa shape index (κ2) is 8.63. The lowest BCUT2D eigenvalue weighted by Gasteiger charge is -2.22. The van der Waals surface area contributed by atoms with E-state index in [1.165, 1.54) is 6.07 Å². The molecule has 0 unspecified atom stereocenters. The molecule has 2 atom stereocenters. The van der Waals surface area contributed by atoms with Crippen LogP contribution < -0.4 is 15.6 Å². The van der Waals surface area contributed by atoms with E-state index in [0.717, 1.165) is 22.5 Å². The summed E-state index contributed by atoms with van der Waals surface area (Å²) < 4.78 is 19.8. The minimum absolute atomic E-state index is 0.212. The number of carbonyl (C=O) groups excluding carboxylic acids is 1. The molecule has 0 spiro atoms. The van der Waals surface area contributed by atoms with Crippen molar-refractivity contribution in [1.82, 2.24) is 15.0 Å². The molecule has 0 saturated heterocycles. The molecule has 1 fully saturated rings. The van der Waals surface area contributed by atoms with Gasteiger partial charge in [-0.25, -0.2) is 30.2 Å². The molecule has 32 heavy (non-hydrogen) atoms. The van der Waals surface area contributed by atoms with Crippen molar-refractivity contribution in [2.24, 2.45) is 11.8 Å². The molecule has 0 radical (unpaired) electrons. The Hall–Kier alpha value is -3.39. The number of pyridine rings is 1. The number of amides is 1. The van der Waals surface area contributed by atoms with Crippen molar-refractivity contribution in [3.63, 3.8) is 0 Å². The number of hydrazine groups is 1. The maximum Gasteiger partial charge on any atom is 0.246 e. The summed E-state index contributed by atoms with van der Waals surface area (Å²) >= 11 is 0. The second-order valence-corrected chi connectivity index (χ2v) is 8.15. The lowest BCUT2D eigenvalue weighted by Crippen LogP contribution is -2.41. The predicted octanol–water partition coefficient (Wildman–Crippen LogP) is 3.43. The molecule has 1 aliphatic carbocycles. The number of benzene rings is 1. The van der Waals surface area contributed by atoms with Crippen molar-refractivity contribution in [3.8, 4) is 5.75 Å². The van der Waals surface area contributed by atoms with Gasteiger partial charge in [0.15, 0.2) is 5.75 Å². The number of hydrogen-bond acceptors (Lipinski definition) is 6. The third-order valence-electron chi connectivity index (χ3n) is 6.01. The van der Waals surface area contributed by atoms with Gasteiger partial charge in [0, 0.05) is 5.41 Å². The number of nitrogens with two attached hydrogens (primary N) is 1. The molecule has 2 aromatic heterocycles. The van der Waals surface area contributed by atoms with Crippen LogP contribution in [0.2, 0.25) is 0 Å². The third-order valence-corrected chi connectivity index (χ3v) is 6.01. The van der Waals surface area contributed by atoms with Gasteiger partial charge < -0.3 is 4.74 Å². The van der Waals surface area contributed by atoms with Gasteiger partial charge in [-0.15, -0.1) is 0 Å². The highest BCUT2D eigenvalue weighted by molar-refractivity contribution is 5.96. The Morgan fingerprint density at radius 3 is 2.69 bits per heavy atom. The van der Waals surface area contributed by atoms with E-state index in [1.54, 1.807) is 13.1 Å². The molecular formula is C24H26FN5O2. The fraction of sp³-hybridized carbons (Fsp3) is 0.333. The first-order valence-electron chi connectivity index (χ1n) is 10.6. The maximum absolute atomic E-state index is 13.6. The monoisotopic (exact) mass is 435 g/mol. The third kappa shape index (κ3) is 4.05. The molecule has 0 aliphatic heterocycles. The zero-order valence-corrected chi connectivity index (χ0v) is 18.4. The summed E-state index contributed by atoms with van der Waals surface area (Å²) in [7, 11) is 0. The van der Waals surface area contributed by atoms with Crippen LogP contribution >= 0.6 is 0 Å². The van der Waals surface area contributed by atoms with Gasteiger partial charge in [-0.1, -0.05) is 37.3 Å². The van der Waals surface area contributed by atoms with Crippen molar-refractivity contribution in [2.45, 2.75) is 39.0 Å². The highest BCUT2D eigenvalue weighted by Gasteiger charge is 2.61. The Labute approximate surface area is 186 Å². The molecule has 1 aromatic carbocycles. The minimum Gasteiger partial charge on any atom is -0.489 e. The molecule has 4 rings (SSSR count). The average Bonchev–Trinajstić information content (AvgIpc) is 3.55. The van der Waals surface area contributed by atoms with Gasteiger partial charge in [0.25, 0.3) is 0 Å². The van der Waals surface area contributed by atoms with Crippen LogP contribution in [0.25, 0.3) is 0 Å². The topological polar surface area (TPSA) is 94.2 Å².